The minimum atomic E-state index is -0.830. The molecule has 0 radical (unpaired) electrons. The predicted octanol–water partition coefficient (Wildman–Crippen LogP) is 0.346. The van der Waals surface area contributed by atoms with Crippen LogP contribution in [-0.4, -0.2) is 48.7 Å². The number of carbonyl (C=O) groups excluding carboxylic acids is 1. The van der Waals surface area contributed by atoms with Crippen LogP contribution >= 0.6 is 0 Å². The third-order valence-electron chi connectivity index (χ3n) is 3.04. The number of hydrogen-bond acceptors (Lipinski definition) is 3. The molecular formula is C10H17NO4. The highest BCUT2D eigenvalue weighted by Crippen LogP contribution is 2.34. The number of likely N-dealkylation sites (tertiary alicyclic amines) is 1. The van der Waals surface area contributed by atoms with Gasteiger partial charge in [-0.05, 0) is 12.8 Å². The van der Waals surface area contributed by atoms with E-state index in [0.717, 1.165) is 0 Å². The molecule has 1 amide bonds. The van der Waals surface area contributed by atoms with Gasteiger partial charge < -0.3 is 14.7 Å². The van der Waals surface area contributed by atoms with E-state index in [4.69, 9.17) is 4.74 Å². The minimum Gasteiger partial charge on any atom is -0.481 e. The van der Waals surface area contributed by atoms with Crippen molar-refractivity contribution in [3.63, 3.8) is 0 Å². The van der Waals surface area contributed by atoms with Crippen molar-refractivity contribution in [3.8, 4) is 0 Å². The Labute approximate surface area is 89.0 Å². The lowest BCUT2D eigenvalue weighted by atomic mass is 9.84. The van der Waals surface area contributed by atoms with Gasteiger partial charge in [0.2, 0.25) is 5.91 Å². The molecule has 86 valence electrons. The van der Waals surface area contributed by atoms with E-state index < -0.39 is 11.4 Å². The molecule has 15 heavy (non-hydrogen) atoms. The molecule has 1 fully saturated rings. The summed E-state index contributed by atoms with van der Waals surface area (Å²) in [6.45, 7) is 2.72. The van der Waals surface area contributed by atoms with E-state index in [1.54, 1.807) is 12.0 Å². The highest BCUT2D eigenvalue weighted by molar-refractivity contribution is 5.79. The summed E-state index contributed by atoms with van der Waals surface area (Å²) in [5, 5.41) is 9.20. The van der Waals surface area contributed by atoms with E-state index in [9.17, 15) is 14.7 Å². The fourth-order valence-corrected chi connectivity index (χ4v) is 1.92. The molecule has 0 bridgehead atoms. The Morgan fingerprint density at radius 2 is 2.20 bits per heavy atom. The van der Waals surface area contributed by atoms with Gasteiger partial charge in [0.15, 0.2) is 0 Å². The number of carboxylic acids is 1. The van der Waals surface area contributed by atoms with Crippen molar-refractivity contribution in [2.24, 2.45) is 5.41 Å². The molecule has 1 heterocycles. The molecular weight excluding hydrogens is 198 g/mol. The van der Waals surface area contributed by atoms with Crippen molar-refractivity contribution in [1.29, 1.82) is 0 Å². The van der Waals surface area contributed by atoms with E-state index in [-0.39, 0.29) is 5.91 Å². The van der Waals surface area contributed by atoms with E-state index >= 15 is 0 Å². The molecule has 0 aliphatic carbocycles. The van der Waals surface area contributed by atoms with Crippen LogP contribution < -0.4 is 0 Å². The number of hydrogen-bond donors (Lipinski definition) is 1. The normalized spacial score (nSPS) is 25.6. The molecule has 0 saturated carbocycles. The van der Waals surface area contributed by atoms with E-state index in [1.165, 1.54) is 6.92 Å². The SMILES string of the molecule is COCCC1(C(=O)O)CCN(C(C)=O)C1. The van der Waals surface area contributed by atoms with Crippen molar-refractivity contribution in [3.05, 3.63) is 0 Å². The number of rotatable bonds is 4. The summed E-state index contributed by atoms with van der Waals surface area (Å²) < 4.78 is 4.91. The first-order valence-corrected chi connectivity index (χ1v) is 5.00. The van der Waals surface area contributed by atoms with E-state index in [2.05, 4.69) is 0 Å². The Morgan fingerprint density at radius 3 is 2.60 bits per heavy atom. The summed E-state index contributed by atoms with van der Waals surface area (Å²) >= 11 is 0. The number of nitrogens with zero attached hydrogens (tertiary/aromatic N) is 1. The summed E-state index contributed by atoms with van der Waals surface area (Å²) in [7, 11) is 1.55. The summed E-state index contributed by atoms with van der Waals surface area (Å²) in [6, 6.07) is 0. The molecule has 1 saturated heterocycles. The molecule has 1 unspecified atom stereocenters. The standard InChI is InChI=1S/C10H17NO4/c1-8(12)11-5-3-10(7-11,9(13)14)4-6-15-2/h3-7H2,1-2H3,(H,13,14). The lowest BCUT2D eigenvalue weighted by Crippen LogP contribution is -2.37. The van der Waals surface area contributed by atoms with Gasteiger partial charge in [0.25, 0.3) is 0 Å². The Bertz CT molecular complexity index is 266. The fraction of sp³-hybridized carbons (Fsp3) is 0.800. The maximum absolute atomic E-state index is 11.2. The average molecular weight is 215 g/mol. The van der Waals surface area contributed by atoms with Gasteiger partial charge >= 0.3 is 5.97 Å². The van der Waals surface area contributed by atoms with Crippen LogP contribution in [0.5, 0.6) is 0 Å². The molecule has 5 heteroatoms. The van der Waals surface area contributed by atoms with Gasteiger partial charge in [-0.1, -0.05) is 0 Å². The predicted molar refractivity (Wildman–Crippen MR) is 53.4 cm³/mol. The third kappa shape index (κ3) is 2.47. The molecule has 0 aromatic carbocycles. The second-order valence-corrected chi connectivity index (χ2v) is 4.02. The highest BCUT2D eigenvalue weighted by atomic mass is 16.5. The van der Waals surface area contributed by atoms with Gasteiger partial charge in [0.1, 0.15) is 0 Å². The maximum atomic E-state index is 11.2. The van der Waals surface area contributed by atoms with Gasteiger partial charge in [-0.3, -0.25) is 9.59 Å². The second kappa shape index (κ2) is 4.61. The van der Waals surface area contributed by atoms with Crippen molar-refractivity contribution < 1.29 is 19.4 Å². The molecule has 1 rings (SSSR count). The zero-order valence-corrected chi connectivity index (χ0v) is 9.15. The summed E-state index contributed by atoms with van der Waals surface area (Å²) in [5.41, 5.74) is -0.804. The molecule has 1 N–H and O–H groups in total. The number of aliphatic carboxylic acids is 1. The first-order chi connectivity index (χ1) is 7.02. The second-order valence-electron chi connectivity index (χ2n) is 4.02. The van der Waals surface area contributed by atoms with Crippen molar-refractivity contribution in [2.75, 3.05) is 26.8 Å². The Hall–Kier alpha value is -1.10. The number of amides is 1. The molecule has 0 aromatic rings. The largest absolute Gasteiger partial charge is 0.481 e. The van der Waals surface area contributed by atoms with Crippen molar-refractivity contribution in [1.82, 2.24) is 4.90 Å². The summed E-state index contributed by atoms with van der Waals surface area (Å²) in [6.07, 6.45) is 0.980. The number of carboxylic acid groups (broad SMARTS) is 1. The Kier molecular flexibility index (Phi) is 3.68. The van der Waals surface area contributed by atoms with Crippen molar-refractivity contribution >= 4 is 11.9 Å². The number of methoxy groups -OCH3 is 1. The van der Waals surface area contributed by atoms with Crippen LogP contribution in [0.15, 0.2) is 0 Å². The molecule has 1 aliphatic heterocycles. The Balaban J connectivity index is 2.69. The monoisotopic (exact) mass is 215 g/mol. The highest BCUT2D eigenvalue weighted by Gasteiger charge is 2.45. The minimum absolute atomic E-state index is 0.0597. The van der Waals surface area contributed by atoms with Crippen LogP contribution in [0.1, 0.15) is 19.8 Å². The zero-order valence-electron chi connectivity index (χ0n) is 9.15. The van der Waals surface area contributed by atoms with Crippen LogP contribution in [0.25, 0.3) is 0 Å². The maximum Gasteiger partial charge on any atom is 0.311 e. The molecule has 0 spiro atoms. The van der Waals surface area contributed by atoms with Gasteiger partial charge in [-0.2, -0.15) is 0 Å². The van der Waals surface area contributed by atoms with Gasteiger partial charge in [-0.25, -0.2) is 0 Å². The Morgan fingerprint density at radius 1 is 1.53 bits per heavy atom. The van der Waals surface area contributed by atoms with Gasteiger partial charge in [-0.15, -0.1) is 0 Å². The van der Waals surface area contributed by atoms with E-state index in [0.29, 0.717) is 32.5 Å². The quantitative estimate of drug-likeness (QED) is 0.734. The van der Waals surface area contributed by atoms with Crippen molar-refractivity contribution in [2.45, 2.75) is 19.8 Å². The summed E-state index contributed by atoms with van der Waals surface area (Å²) in [4.78, 5) is 23.9. The first kappa shape index (κ1) is 12.0. The summed E-state index contributed by atoms with van der Waals surface area (Å²) in [5.74, 6) is -0.890. The van der Waals surface area contributed by atoms with Gasteiger partial charge in [0, 0.05) is 33.7 Å². The lowest BCUT2D eigenvalue weighted by molar-refractivity contribution is -0.149. The molecule has 5 nitrogen and oxygen atoms in total. The smallest absolute Gasteiger partial charge is 0.311 e. The van der Waals surface area contributed by atoms with Crippen LogP contribution in [0.4, 0.5) is 0 Å². The van der Waals surface area contributed by atoms with Crippen LogP contribution in [0.3, 0.4) is 0 Å². The van der Waals surface area contributed by atoms with Crippen LogP contribution in [0, 0.1) is 5.41 Å². The lowest BCUT2D eigenvalue weighted by Gasteiger charge is -2.23. The van der Waals surface area contributed by atoms with Gasteiger partial charge in [0.05, 0.1) is 5.41 Å². The van der Waals surface area contributed by atoms with Crippen LogP contribution in [-0.2, 0) is 14.3 Å². The molecule has 1 aliphatic rings. The fourth-order valence-electron chi connectivity index (χ4n) is 1.92. The topological polar surface area (TPSA) is 66.8 Å². The van der Waals surface area contributed by atoms with Crippen LogP contribution in [0.2, 0.25) is 0 Å². The number of ether oxygens (including phenoxy) is 1. The zero-order chi connectivity index (χ0) is 11.5. The average Bonchev–Trinajstić information content (AvgIpc) is 2.60. The number of carbonyl (C=O) groups is 2. The van der Waals surface area contributed by atoms with E-state index in [1.807, 2.05) is 0 Å². The third-order valence-corrected chi connectivity index (χ3v) is 3.04. The molecule has 1 atom stereocenters. The first-order valence-electron chi connectivity index (χ1n) is 5.00. The molecule has 0 aromatic heterocycles.